The summed E-state index contributed by atoms with van der Waals surface area (Å²) in [5.74, 6) is -0.313. The second-order valence-corrected chi connectivity index (χ2v) is 13.6. The molecule has 3 aromatic carbocycles. The number of ether oxygens (including phenoxy) is 1. The summed E-state index contributed by atoms with van der Waals surface area (Å²) >= 11 is 0. The Morgan fingerprint density at radius 1 is 1.00 bits per heavy atom. The Kier molecular flexibility index (Phi) is 7.05. The second kappa shape index (κ2) is 11.0. The molecule has 3 atom stereocenters. The molecular formula is C35H38F3N5O2. The molecule has 1 aliphatic carbocycles. The van der Waals surface area contributed by atoms with Gasteiger partial charge in [0.25, 0.3) is 0 Å². The van der Waals surface area contributed by atoms with Crippen molar-refractivity contribution in [2.75, 3.05) is 44.2 Å². The first-order valence-electron chi connectivity index (χ1n) is 16.2. The predicted molar refractivity (Wildman–Crippen MR) is 169 cm³/mol. The van der Waals surface area contributed by atoms with Crippen molar-refractivity contribution >= 4 is 27.5 Å². The topological polar surface area (TPSA) is 73.8 Å². The van der Waals surface area contributed by atoms with Gasteiger partial charge in [0.2, 0.25) is 0 Å². The van der Waals surface area contributed by atoms with Crippen molar-refractivity contribution in [2.24, 2.45) is 5.41 Å². The first-order valence-corrected chi connectivity index (χ1v) is 16.2. The fourth-order valence-corrected chi connectivity index (χ4v) is 7.81. The van der Waals surface area contributed by atoms with E-state index in [9.17, 15) is 13.9 Å². The molecule has 2 unspecified atom stereocenters. The van der Waals surface area contributed by atoms with Gasteiger partial charge in [-0.3, -0.25) is 4.90 Å². The Labute approximate surface area is 260 Å². The smallest absolute Gasteiger partial charge is 0.319 e. The summed E-state index contributed by atoms with van der Waals surface area (Å²) in [7, 11) is 0. The molecule has 4 aliphatic rings. The Hall–Kier alpha value is -3.63. The van der Waals surface area contributed by atoms with E-state index >= 15 is 4.39 Å². The van der Waals surface area contributed by atoms with Crippen LogP contribution >= 0.6 is 0 Å². The number of piperazine rings is 1. The molecule has 0 amide bonds. The lowest BCUT2D eigenvalue weighted by Crippen LogP contribution is -2.51. The zero-order chi connectivity index (χ0) is 30.9. The van der Waals surface area contributed by atoms with E-state index in [0.717, 1.165) is 51.9 Å². The van der Waals surface area contributed by atoms with Crippen molar-refractivity contribution < 1.29 is 23.0 Å². The maximum absolute atomic E-state index is 16.8. The van der Waals surface area contributed by atoms with Crippen LogP contribution < -0.4 is 15.0 Å². The third-order valence-corrected chi connectivity index (χ3v) is 10.3. The number of rotatable bonds is 8. The molecule has 8 rings (SSSR count). The van der Waals surface area contributed by atoms with Crippen molar-refractivity contribution in [3.8, 4) is 22.9 Å². The molecule has 10 heteroatoms. The third kappa shape index (κ3) is 5.25. The average Bonchev–Trinajstić information content (AvgIpc) is 3.55. The van der Waals surface area contributed by atoms with Gasteiger partial charge in [0.1, 0.15) is 29.1 Å². The van der Waals surface area contributed by atoms with Crippen LogP contribution in [0.1, 0.15) is 44.6 Å². The molecule has 2 bridgehead atoms. The zero-order valence-electron chi connectivity index (χ0n) is 25.5. The van der Waals surface area contributed by atoms with Gasteiger partial charge in [-0.05, 0) is 84.7 Å². The number of phenols is 1. The lowest BCUT2D eigenvalue weighted by molar-refractivity contribution is 0.165. The largest absolute Gasteiger partial charge is 0.508 e. The van der Waals surface area contributed by atoms with Crippen LogP contribution in [0.4, 0.5) is 19.0 Å². The fraction of sp³-hybridized carbons (Fsp3) is 0.486. The van der Waals surface area contributed by atoms with Gasteiger partial charge in [-0.15, -0.1) is 0 Å². The molecule has 2 N–H and O–H groups in total. The van der Waals surface area contributed by atoms with E-state index in [4.69, 9.17) is 9.72 Å². The number of alkyl halides is 1. The molecule has 1 aromatic heterocycles. The molecule has 0 spiro atoms. The van der Waals surface area contributed by atoms with Crippen molar-refractivity contribution in [2.45, 2.75) is 63.7 Å². The number of halogens is 3. The number of anilines is 1. The number of fused-ring (bicyclic) bond motifs is 4. The first kappa shape index (κ1) is 28.8. The van der Waals surface area contributed by atoms with Crippen LogP contribution in [0, 0.1) is 17.0 Å². The average molecular weight is 618 g/mol. The highest BCUT2D eigenvalue weighted by molar-refractivity contribution is 6.03. The van der Waals surface area contributed by atoms with E-state index in [0.29, 0.717) is 71.2 Å². The number of benzene rings is 3. The number of phenolic OH excluding ortho intramolecular Hbond substituents is 1. The fourth-order valence-electron chi connectivity index (χ4n) is 7.81. The predicted octanol–water partition coefficient (Wildman–Crippen LogP) is 6.14. The standard InChI is InChI=1S/C35H38F3N5O2/c1-2-25-29(37)8-3-20-13-24(44)14-28(30(20)25)26-6-7-27-32(31(26)38)40-34(41-33(27)43-16-22-4-5-23(17-43)39-22)45-19-35(10-11-35)18-42-12-9-21(36)15-42/h3,6-8,13-14,21-23,39,44H,2,4-5,9-12,15-19H2,1H3/t21-,22?,23?/m1/s1. The van der Waals surface area contributed by atoms with Crippen LogP contribution in [-0.2, 0) is 6.42 Å². The number of aromatic hydroxyl groups is 1. The van der Waals surface area contributed by atoms with Gasteiger partial charge in [-0.2, -0.15) is 9.97 Å². The Balaban J connectivity index is 1.22. The lowest BCUT2D eigenvalue weighted by Gasteiger charge is -2.34. The van der Waals surface area contributed by atoms with Gasteiger partial charge in [0.05, 0.1) is 6.61 Å². The van der Waals surface area contributed by atoms with E-state index in [1.54, 1.807) is 18.2 Å². The summed E-state index contributed by atoms with van der Waals surface area (Å²) in [5, 5.41) is 16.0. The van der Waals surface area contributed by atoms with Crippen LogP contribution in [0.15, 0.2) is 36.4 Å². The van der Waals surface area contributed by atoms with E-state index in [1.807, 2.05) is 13.0 Å². The maximum Gasteiger partial charge on any atom is 0.319 e. The van der Waals surface area contributed by atoms with E-state index in [2.05, 4.69) is 20.1 Å². The Morgan fingerprint density at radius 2 is 1.80 bits per heavy atom. The summed E-state index contributed by atoms with van der Waals surface area (Å²) < 4.78 is 51.9. The number of likely N-dealkylation sites (tertiary alicyclic amines) is 1. The highest BCUT2D eigenvalue weighted by Crippen LogP contribution is 2.47. The van der Waals surface area contributed by atoms with Gasteiger partial charge in [0, 0.05) is 61.2 Å². The van der Waals surface area contributed by atoms with Crippen LogP contribution in [-0.4, -0.2) is 77.6 Å². The Bertz CT molecular complexity index is 1790. The van der Waals surface area contributed by atoms with E-state index in [-0.39, 0.29) is 34.1 Å². The van der Waals surface area contributed by atoms with Crippen LogP contribution in [0.5, 0.6) is 11.8 Å². The molecule has 7 nitrogen and oxygen atoms in total. The zero-order valence-corrected chi connectivity index (χ0v) is 25.5. The first-order chi connectivity index (χ1) is 21.8. The van der Waals surface area contributed by atoms with Gasteiger partial charge >= 0.3 is 6.01 Å². The molecule has 4 fully saturated rings. The highest BCUT2D eigenvalue weighted by Gasteiger charge is 2.46. The molecule has 45 heavy (non-hydrogen) atoms. The number of aryl methyl sites for hydroxylation is 1. The summed E-state index contributed by atoms with van der Waals surface area (Å²) in [6.45, 7) is 5.75. The third-order valence-electron chi connectivity index (χ3n) is 10.3. The summed E-state index contributed by atoms with van der Waals surface area (Å²) in [6.07, 6.45) is 4.37. The monoisotopic (exact) mass is 617 g/mol. The minimum Gasteiger partial charge on any atom is -0.508 e. The Morgan fingerprint density at radius 3 is 2.51 bits per heavy atom. The van der Waals surface area contributed by atoms with Crippen LogP contribution in [0.3, 0.4) is 0 Å². The molecule has 4 aromatic rings. The summed E-state index contributed by atoms with van der Waals surface area (Å²) in [4.78, 5) is 13.9. The quantitative estimate of drug-likeness (QED) is 0.246. The SMILES string of the molecule is CCc1c(F)ccc2cc(O)cc(-c3ccc4c(N5CC6CCC(C5)N6)nc(OCC5(CN6CC[C@@H](F)C6)CC5)nc4c3F)c12. The molecule has 3 saturated heterocycles. The molecule has 4 heterocycles. The van der Waals surface area contributed by atoms with Crippen molar-refractivity contribution in [3.63, 3.8) is 0 Å². The molecule has 1 saturated carbocycles. The minimum atomic E-state index is -0.770. The number of hydrogen-bond acceptors (Lipinski definition) is 7. The van der Waals surface area contributed by atoms with E-state index in [1.165, 1.54) is 12.1 Å². The lowest BCUT2D eigenvalue weighted by atomic mass is 9.92. The van der Waals surface area contributed by atoms with E-state index < -0.39 is 12.0 Å². The number of nitrogens with zero attached hydrogens (tertiary/aromatic N) is 4. The summed E-state index contributed by atoms with van der Waals surface area (Å²) in [5.41, 5.74) is 1.18. The number of aromatic nitrogens is 2. The molecule has 3 aliphatic heterocycles. The number of nitrogens with one attached hydrogen (secondary N) is 1. The van der Waals surface area contributed by atoms with Gasteiger partial charge in [0.15, 0.2) is 5.82 Å². The summed E-state index contributed by atoms with van der Waals surface area (Å²) in [6, 6.07) is 10.4. The second-order valence-electron chi connectivity index (χ2n) is 13.6. The van der Waals surface area contributed by atoms with Gasteiger partial charge < -0.3 is 20.1 Å². The normalized spacial score (nSPS) is 24.2. The van der Waals surface area contributed by atoms with Crippen LogP contribution in [0.25, 0.3) is 32.8 Å². The number of hydrogen-bond donors (Lipinski definition) is 2. The molecule has 0 radical (unpaired) electrons. The van der Waals surface area contributed by atoms with Crippen molar-refractivity contribution in [3.05, 3.63) is 53.6 Å². The van der Waals surface area contributed by atoms with Gasteiger partial charge in [-0.1, -0.05) is 19.1 Å². The van der Waals surface area contributed by atoms with Crippen molar-refractivity contribution in [1.82, 2.24) is 20.2 Å². The highest BCUT2D eigenvalue weighted by atomic mass is 19.1. The maximum atomic E-state index is 16.8. The molecular weight excluding hydrogens is 579 g/mol. The van der Waals surface area contributed by atoms with Gasteiger partial charge in [-0.25, -0.2) is 13.2 Å². The van der Waals surface area contributed by atoms with Crippen LogP contribution in [0.2, 0.25) is 0 Å². The van der Waals surface area contributed by atoms with Crippen molar-refractivity contribution in [1.29, 1.82) is 0 Å². The minimum absolute atomic E-state index is 0.0267. The molecule has 236 valence electrons.